The van der Waals surface area contributed by atoms with Crippen LogP contribution in [0.5, 0.6) is 0 Å². The van der Waals surface area contributed by atoms with Gasteiger partial charge in [-0.3, -0.25) is 9.59 Å². The number of carbonyl (C=O) groups excluding carboxylic acids is 2. The van der Waals surface area contributed by atoms with Crippen LogP contribution in [0.1, 0.15) is 34.3 Å². The maximum atomic E-state index is 12.6. The highest BCUT2D eigenvalue weighted by molar-refractivity contribution is 5.94. The second-order valence-electron chi connectivity index (χ2n) is 7.15. The summed E-state index contributed by atoms with van der Waals surface area (Å²) < 4.78 is 11.0. The average Bonchev–Trinajstić information content (AvgIpc) is 3.33. The van der Waals surface area contributed by atoms with Gasteiger partial charge < -0.3 is 14.5 Å². The largest absolute Gasteiger partial charge is 0.456 e. The predicted molar refractivity (Wildman–Crippen MR) is 119 cm³/mol. The molecular formula is C26H22N2O4. The van der Waals surface area contributed by atoms with Crippen molar-refractivity contribution in [3.8, 4) is 11.3 Å². The lowest BCUT2D eigenvalue weighted by Crippen LogP contribution is -2.30. The van der Waals surface area contributed by atoms with E-state index in [-0.39, 0.29) is 18.9 Å². The van der Waals surface area contributed by atoms with Gasteiger partial charge in [-0.1, -0.05) is 78.9 Å². The Morgan fingerprint density at radius 3 is 2.19 bits per heavy atom. The maximum absolute atomic E-state index is 12.6. The molecule has 1 amide bonds. The minimum absolute atomic E-state index is 0.0190. The van der Waals surface area contributed by atoms with Gasteiger partial charge in [0.1, 0.15) is 0 Å². The van der Waals surface area contributed by atoms with Crippen molar-refractivity contribution in [2.75, 3.05) is 0 Å². The van der Waals surface area contributed by atoms with Crippen LogP contribution in [-0.4, -0.2) is 16.9 Å². The standard InChI is InChI=1S/C26H22N2O4/c29-25(31-18-24-27-17-23(32-24)20-12-6-2-7-13-20)16-22(19-10-4-1-5-11-19)28-26(30)21-14-8-3-9-15-21/h1-15,17,22H,16,18H2,(H,28,30)/t22-/m0/s1. The van der Waals surface area contributed by atoms with E-state index in [4.69, 9.17) is 9.15 Å². The number of amides is 1. The molecule has 6 nitrogen and oxygen atoms in total. The molecule has 0 radical (unpaired) electrons. The first-order valence-electron chi connectivity index (χ1n) is 10.3. The third kappa shape index (κ3) is 5.49. The Bertz CT molecular complexity index is 1160. The Kier molecular flexibility index (Phi) is 6.72. The van der Waals surface area contributed by atoms with Crippen LogP contribution in [0.25, 0.3) is 11.3 Å². The van der Waals surface area contributed by atoms with Gasteiger partial charge >= 0.3 is 5.97 Å². The number of nitrogens with zero attached hydrogens (tertiary/aromatic N) is 1. The first-order valence-corrected chi connectivity index (χ1v) is 10.3. The van der Waals surface area contributed by atoms with Crippen LogP contribution >= 0.6 is 0 Å². The Morgan fingerprint density at radius 2 is 1.50 bits per heavy atom. The van der Waals surface area contributed by atoms with E-state index in [1.807, 2.05) is 66.7 Å². The van der Waals surface area contributed by atoms with Gasteiger partial charge in [0.25, 0.3) is 5.91 Å². The average molecular weight is 426 g/mol. The van der Waals surface area contributed by atoms with E-state index in [9.17, 15) is 9.59 Å². The van der Waals surface area contributed by atoms with E-state index in [0.717, 1.165) is 11.1 Å². The van der Waals surface area contributed by atoms with Crippen molar-refractivity contribution < 1.29 is 18.7 Å². The van der Waals surface area contributed by atoms with Gasteiger partial charge in [0.05, 0.1) is 18.7 Å². The lowest BCUT2D eigenvalue weighted by molar-refractivity contribution is -0.146. The smallest absolute Gasteiger partial charge is 0.308 e. The molecule has 0 bridgehead atoms. The zero-order valence-electron chi connectivity index (χ0n) is 17.3. The van der Waals surface area contributed by atoms with Gasteiger partial charge in [0, 0.05) is 11.1 Å². The Hall–Kier alpha value is -4.19. The number of ether oxygens (including phenoxy) is 1. The van der Waals surface area contributed by atoms with Gasteiger partial charge in [0.2, 0.25) is 5.89 Å². The first kappa shape index (κ1) is 21.1. The van der Waals surface area contributed by atoms with Crippen molar-refractivity contribution in [3.63, 3.8) is 0 Å². The van der Waals surface area contributed by atoms with E-state index >= 15 is 0 Å². The third-order valence-electron chi connectivity index (χ3n) is 4.88. The number of aromatic nitrogens is 1. The molecule has 0 saturated heterocycles. The molecule has 1 aromatic heterocycles. The summed E-state index contributed by atoms with van der Waals surface area (Å²) in [6.45, 7) is -0.0835. The van der Waals surface area contributed by atoms with Crippen molar-refractivity contribution in [2.45, 2.75) is 19.1 Å². The summed E-state index contributed by atoms with van der Waals surface area (Å²) in [5.74, 6) is 0.190. The summed E-state index contributed by atoms with van der Waals surface area (Å²) >= 11 is 0. The van der Waals surface area contributed by atoms with Gasteiger partial charge in [-0.25, -0.2) is 4.98 Å². The number of benzene rings is 3. The second kappa shape index (κ2) is 10.2. The van der Waals surface area contributed by atoms with Crippen LogP contribution in [0.2, 0.25) is 0 Å². The highest BCUT2D eigenvalue weighted by Crippen LogP contribution is 2.21. The fourth-order valence-corrected chi connectivity index (χ4v) is 3.25. The second-order valence-corrected chi connectivity index (χ2v) is 7.15. The molecule has 0 spiro atoms. The summed E-state index contributed by atoms with van der Waals surface area (Å²) in [5, 5.41) is 2.93. The minimum atomic E-state index is -0.527. The molecule has 0 aliphatic rings. The molecule has 0 aliphatic heterocycles. The van der Waals surface area contributed by atoms with Crippen molar-refractivity contribution >= 4 is 11.9 Å². The van der Waals surface area contributed by atoms with Crippen molar-refractivity contribution in [1.82, 2.24) is 10.3 Å². The lowest BCUT2D eigenvalue weighted by atomic mass is 10.0. The number of carbonyl (C=O) groups is 2. The number of hydrogen-bond acceptors (Lipinski definition) is 5. The molecular weight excluding hydrogens is 404 g/mol. The van der Waals surface area contributed by atoms with Gasteiger partial charge in [-0.2, -0.15) is 0 Å². The predicted octanol–water partition coefficient (Wildman–Crippen LogP) is 4.95. The highest BCUT2D eigenvalue weighted by Gasteiger charge is 2.20. The molecule has 0 aliphatic carbocycles. The minimum Gasteiger partial charge on any atom is -0.456 e. The number of oxazole rings is 1. The molecule has 1 N–H and O–H groups in total. The molecule has 4 aromatic rings. The Balaban J connectivity index is 1.39. The molecule has 0 saturated carbocycles. The van der Waals surface area contributed by atoms with Crippen LogP contribution in [0.3, 0.4) is 0 Å². The van der Waals surface area contributed by atoms with Crippen LogP contribution in [-0.2, 0) is 16.1 Å². The topological polar surface area (TPSA) is 81.4 Å². The summed E-state index contributed by atoms with van der Waals surface area (Å²) in [5.41, 5.74) is 2.23. The zero-order chi connectivity index (χ0) is 22.2. The fraction of sp³-hybridized carbons (Fsp3) is 0.115. The molecule has 32 heavy (non-hydrogen) atoms. The van der Waals surface area contributed by atoms with E-state index in [1.165, 1.54) is 0 Å². The zero-order valence-corrected chi connectivity index (χ0v) is 17.3. The molecule has 0 fully saturated rings. The molecule has 0 unspecified atom stereocenters. The SMILES string of the molecule is O=C(C[C@H](NC(=O)c1ccccc1)c1ccccc1)OCc1ncc(-c2ccccc2)o1. The maximum Gasteiger partial charge on any atom is 0.308 e. The number of nitrogens with one attached hydrogen (secondary N) is 1. The van der Waals surface area contributed by atoms with Crippen LogP contribution < -0.4 is 5.32 Å². The molecule has 1 heterocycles. The molecule has 1 atom stereocenters. The van der Waals surface area contributed by atoms with Crippen molar-refractivity contribution in [1.29, 1.82) is 0 Å². The molecule has 160 valence electrons. The lowest BCUT2D eigenvalue weighted by Gasteiger charge is -2.18. The normalized spacial score (nSPS) is 11.5. The van der Waals surface area contributed by atoms with Crippen molar-refractivity contribution in [2.24, 2.45) is 0 Å². The van der Waals surface area contributed by atoms with E-state index in [2.05, 4.69) is 10.3 Å². The first-order chi connectivity index (χ1) is 15.7. The quantitative estimate of drug-likeness (QED) is 0.403. The van der Waals surface area contributed by atoms with E-state index in [1.54, 1.807) is 30.5 Å². The molecule has 3 aromatic carbocycles. The van der Waals surface area contributed by atoms with Crippen LogP contribution in [0.4, 0.5) is 0 Å². The van der Waals surface area contributed by atoms with E-state index in [0.29, 0.717) is 17.2 Å². The summed E-state index contributed by atoms with van der Waals surface area (Å²) in [6, 6.07) is 27.2. The fourth-order valence-electron chi connectivity index (χ4n) is 3.25. The summed E-state index contributed by atoms with van der Waals surface area (Å²) in [7, 11) is 0. The van der Waals surface area contributed by atoms with Crippen LogP contribution in [0.15, 0.2) is 102 Å². The monoisotopic (exact) mass is 426 g/mol. The Labute approximate surface area is 185 Å². The number of rotatable bonds is 8. The number of esters is 1. The van der Waals surface area contributed by atoms with Crippen molar-refractivity contribution in [3.05, 3.63) is 114 Å². The summed E-state index contributed by atoms with van der Waals surface area (Å²) in [4.78, 5) is 29.4. The third-order valence-corrected chi connectivity index (χ3v) is 4.88. The Morgan fingerprint density at radius 1 is 0.875 bits per heavy atom. The van der Waals surface area contributed by atoms with Gasteiger partial charge in [-0.05, 0) is 17.7 Å². The number of hydrogen-bond donors (Lipinski definition) is 1. The molecule has 4 rings (SSSR count). The van der Waals surface area contributed by atoms with Gasteiger partial charge in [0.15, 0.2) is 12.4 Å². The highest BCUT2D eigenvalue weighted by atomic mass is 16.5. The molecule has 6 heteroatoms. The van der Waals surface area contributed by atoms with Crippen LogP contribution in [0, 0.1) is 0 Å². The van der Waals surface area contributed by atoms with E-state index < -0.39 is 12.0 Å². The summed E-state index contributed by atoms with van der Waals surface area (Å²) in [6.07, 6.45) is 1.58. The van der Waals surface area contributed by atoms with Gasteiger partial charge in [-0.15, -0.1) is 0 Å².